The normalized spacial score (nSPS) is 10.9. The average Bonchev–Trinajstić information content (AvgIpc) is 2.29. The maximum absolute atomic E-state index is 11.6. The predicted octanol–water partition coefficient (Wildman–Crippen LogP) is 1.54. The molecule has 0 saturated carbocycles. The molecule has 1 aromatic rings. The highest BCUT2D eigenvalue weighted by Crippen LogP contribution is 2.22. The first-order chi connectivity index (χ1) is 7.88. The molecule has 1 N–H and O–H groups in total. The summed E-state index contributed by atoms with van der Waals surface area (Å²) < 4.78 is 27.6. The maximum atomic E-state index is 11.6. The van der Waals surface area contributed by atoms with Crippen molar-refractivity contribution in [3.05, 3.63) is 36.4 Å². The summed E-state index contributed by atoms with van der Waals surface area (Å²) in [6.45, 7) is 5.00. The first-order valence-corrected chi connectivity index (χ1v) is 6.16. The molecule has 0 atom stereocenters. The second kappa shape index (κ2) is 5.11. The molecule has 6 heteroatoms. The summed E-state index contributed by atoms with van der Waals surface area (Å²) in [6.07, 6.45) is 0. The van der Waals surface area contributed by atoms with Crippen molar-refractivity contribution in [2.75, 3.05) is 12.4 Å². The Hall–Kier alpha value is -1.66. The average molecular weight is 255 g/mol. The summed E-state index contributed by atoms with van der Waals surface area (Å²) in [5.74, 6) is -0.441. The van der Waals surface area contributed by atoms with Crippen LogP contribution in [0.3, 0.4) is 0 Å². The van der Waals surface area contributed by atoms with E-state index in [2.05, 4.69) is 16.1 Å². The molecule has 0 spiro atoms. The zero-order chi connectivity index (χ0) is 13.1. The Morgan fingerprint density at radius 2 is 1.94 bits per heavy atom. The molecule has 0 bridgehead atoms. The summed E-state index contributed by atoms with van der Waals surface area (Å²) in [5.41, 5.74) is 0.456. The van der Waals surface area contributed by atoms with Crippen LogP contribution in [0.5, 0.6) is 0 Å². The molecule has 1 rings (SSSR count). The third kappa shape index (κ3) is 3.15. The molecular formula is C11H13NO4S. The van der Waals surface area contributed by atoms with Gasteiger partial charge in [-0.15, -0.1) is 0 Å². The Morgan fingerprint density at radius 1 is 1.35 bits per heavy atom. The first kappa shape index (κ1) is 13.4. The second-order valence-electron chi connectivity index (χ2n) is 3.35. The van der Waals surface area contributed by atoms with E-state index in [-0.39, 0.29) is 16.2 Å². The highest BCUT2D eigenvalue weighted by Gasteiger charge is 2.18. The molecule has 0 unspecified atom stereocenters. The van der Waals surface area contributed by atoms with Crippen LogP contribution in [0.4, 0.5) is 5.69 Å². The molecule has 0 saturated heterocycles. The number of para-hydroxylation sites is 1. The third-order valence-corrected chi connectivity index (χ3v) is 3.35. The van der Waals surface area contributed by atoms with Gasteiger partial charge in [-0.1, -0.05) is 18.7 Å². The molecule has 0 aromatic heterocycles. The van der Waals surface area contributed by atoms with E-state index in [4.69, 9.17) is 0 Å². The minimum Gasteiger partial charge on any atom is -0.321 e. The van der Waals surface area contributed by atoms with E-state index in [1.807, 2.05) is 0 Å². The van der Waals surface area contributed by atoms with E-state index < -0.39 is 16.0 Å². The molecule has 0 aliphatic carbocycles. The van der Waals surface area contributed by atoms with Crippen LogP contribution in [0.2, 0.25) is 0 Å². The number of carbonyl (C=O) groups excluding carboxylic acids is 1. The van der Waals surface area contributed by atoms with Crippen LogP contribution in [0.15, 0.2) is 41.3 Å². The summed E-state index contributed by atoms with van der Waals surface area (Å²) in [5, 5.41) is 2.45. The molecule has 0 aliphatic rings. The van der Waals surface area contributed by atoms with Gasteiger partial charge in [0, 0.05) is 5.57 Å². The first-order valence-electron chi connectivity index (χ1n) is 4.75. The largest absolute Gasteiger partial charge is 0.321 e. The number of hydrogen-bond donors (Lipinski definition) is 1. The van der Waals surface area contributed by atoms with Gasteiger partial charge in [-0.05, 0) is 19.1 Å². The standard InChI is InChI=1S/C11H13NO4S/c1-8(2)11(13)12-9-6-4-5-7-10(9)17(14,15)16-3/h4-7H,1H2,2-3H3,(H,12,13). The van der Waals surface area contributed by atoms with Crippen molar-refractivity contribution in [3.63, 3.8) is 0 Å². The van der Waals surface area contributed by atoms with Crippen molar-refractivity contribution < 1.29 is 17.4 Å². The lowest BCUT2D eigenvalue weighted by molar-refractivity contribution is -0.112. The monoisotopic (exact) mass is 255 g/mol. The van der Waals surface area contributed by atoms with Crippen LogP contribution in [-0.2, 0) is 19.1 Å². The van der Waals surface area contributed by atoms with E-state index in [0.717, 1.165) is 7.11 Å². The summed E-state index contributed by atoms with van der Waals surface area (Å²) >= 11 is 0. The molecule has 92 valence electrons. The number of amides is 1. The number of carbonyl (C=O) groups is 1. The van der Waals surface area contributed by atoms with Crippen LogP contribution < -0.4 is 5.32 Å². The van der Waals surface area contributed by atoms with Crippen LogP contribution in [-0.4, -0.2) is 21.4 Å². The van der Waals surface area contributed by atoms with Gasteiger partial charge in [0.25, 0.3) is 16.0 Å². The Labute approximate surface area is 100 Å². The molecule has 17 heavy (non-hydrogen) atoms. The van der Waals surface area contributed by atoms with Crippen molar-refractivity contribution >= 4 is 21.7 Å². The van der Waals surface area contributed by atoms with Gasteiger partial charge in [-0.2, -0.15) is 8.42 Å². The lowest BCUT2D eigenvalue weighted by Gasteiger charge is -2.09. The molecular weight excluding hydrogens is 242 g/mol. The SMILES string of the molecule is C=C(C)C(=O)Nc1ccccc1S(=O)(=O)OC. The van der Waals surface area contributed by atoms with E-state index in [0.29, 0.717) is 0 Å². The third-order valence-electron chi connectivity index (χ3n) is 2.01. The van der Waals surface area contributed by atoms with Crippen LogP contribution in [0.25, 0.3) is 0 Å². The zero-order valence-corrected chi connectivity index (χ0v) is 10.4. The molecule has 5 nitrogen and oxygen atoms in total. The summed E-state index contributed by atoms with van der Waals surface area (Å²) in [4.78, 5) is 11.3. The maximum Gasteiger partial charge on any atom is 0.298 e. The number of hydrogen-bond acceptors (Lipinski definition) is 4. The second-order valence-corrected chi connectivity index (χ2v) is 5.03. The van der Waals surface area contributed by atoms with E-state index in [9.17, 15) is 13.2 Å². The Kier molecular flexibility index (Phi) is 4.03. The molecule has 0 aliphatic heterocycles. The van der Waals surface area contributed by atoms with Gasteiger partial charge in [-0.25, -0.2) is 0 Å². The number of anilines is 1. The van der Waals surface area contributed by atoms with Crippen LogP contribution in [0.1, 0.15) is 6.92 Å². The van der Waals surface area contributed by atoms with E-state index in [1.165, 1.54) is 19.1 Å². The van der Waals surface area contributed by atoms with Crippen molar-refractivity contribution in [1.29, 1.82) is 0 Å². The van der Waals surface area contributed by atoms with Crippen molar-refractivity contribution in [2.45, 2.75) is 11.8 Å². The highest BCUT2D eigenvalue weighted by atomic mass is 32.2. The van der Waals surface area contributed by atoms with Gasteiger partial charge in [-0.3, -0.25) is 8.98 Å². The lowest BCUT2D eigenvalue weighted by atomic mass is 10.3. The van der Waals surface area contributed by atoms with Gasteiger partial charge in [0.05, 0.1) is 12.8 Å². The Bertz CT molecular complexity index is 548. The molecule has 1 amide bonds. The fourth-order valence-electron chi connectivity index (χ4n) is 1.11. The van der Waals surface area contributed by atoms with Crippen molar-refractivity contribution in [2.24, 2.45) is 0 Å². The lowest BCUT2D eigenvalue weighted by Crippen LogP contribution is -2.15. The molecule has 0 radical (unpaired) electrons. The highest BCUT2D eigenvalue weighted by molar-refractivity contribution is 7.87. The Balaban J connectivity index is 3.18. The minimum absolute atomic E-state index is 0.0860. The van der Waals surface area contributed by atoms with Gasteiger partial charge in [0.1, 0.15) is 4.90 Å². The predicted molar refractivity (Wildman–Crippen MR) is 64.1 cm³/mol. The fourth-order valence-corrected chi connectivity index (χ4v) is 1.92. The van der Waals surface area contributed by atoms with Crippen LogP contribution >= 0.6 is 0 Å². The van der Waals surface area contributed by atoms with E-state index in [1.54, 1.807) is 12.1 Å². The van der Waals surface area contributed by atoms with Crippen LogP contribution in [0, 0.1) is 0 Å². The topological polar surface area (TPSA) is 72.5 Å². The zero-order valence-electron chi connectivity index (χ0n) is 9.56. The number of rotatable bonds is 4. The molecule has 1 aromatic carbocycles. The minimum atomic E-state index is -3.84. The Morgan fingerprint density at radius 3 is 2.47 bits per heavy atom. The van der Waals surface area contributed by atoms with Crippen molar-refractivity contribution in [3.8, 4) is 0 Å². The quantitative estimate of drug-likeness (QED) is 0.654. The number of nitrogens with one attached hydrogen (secondary N) is 1. The van der Waals surface area contributed by atoms with Gasteiger partial charge >= 0.3 is 0 Å². The van der Waals surface area contributed by atoms with Gasteiger partial charge in [0.2, 0.25) is 0 Å². The number of benzene rings is 1. The van der Waals surface area contributed by atoms with Gasteiger partial charge < -0.3 is 5.32 Å². The smallest absolute Gasteiger partial charge is 0.298 e. The summed E-state index contributed by atoms with van der Waals surface area (Å²) in [7, 11) is -2.78. The molecule has 0 heterocycles. The summed E-state index contributed by atoms with van der Waals surface area (Å²) in [6, 6.07) is 5.99. The molecule has 0 fully saturated rings. The fraction of sp³-hybridized carbons (Fsp3) is 0.182. The van der Waals surface area contributed by atoms with Gasteiger partial charge in [0.15, 0.2) is 0 Å². The van der Waals surface area contributed by atoms with Crippen molar-refractivity contribution in [1.82, 2.24) is 0 Å². The van der Waals surface area contributed by atoms with E-state index >= 15 is 0 Å².